The first-order valence-corrected chi connectivity index (χ1v) is 4.28. The molecule has 0 nitrogen and oxygen atoms in total. The Morgan fingerprint density at radius 2 is 1.29 bits per heavy atom. The van der Waals surface area contributed by atoms with Gasteiger partial charge in [0.1, 0.15) is 0 Å². The second-order valence-corrected chi connectivity index (χ2v) is 2.97. The molecule has 0 aliphatic rings. The van der Waals surface area contributed by atoms with Gasteiger partial charge in [-0.05, 0) is 11.6 Å². The van der Waals surface area contributed by atoms with Gasteiger partial charge < -0.3 is 24.8 Å². The van der Waals surface area contributed by atoms with Crippen molar-refractivity contribution in [3.8, 4) is 11.1 Å². The SMILES string of the molecule is Fc1cccc(-c2ccccc2)c1F.[Cl-].[Cl-].[Zn+2]. The van der Waals surface area contributed by atoms with E-state index in [1.807, 2.05) is 6.07 Å². The number of benzene rings is 2. The van der Waals surface area contributed by atoms with E-state index in [1.54, 1.807) is 30.3 Å². The molecule has 0 aliphatic heterocycles. The van der Waals surface area contributed by atoms with Gasteiger partial charge in [-0.25, -0.2) is 8.78 Å². The Morgan fingerprint density at radius 3 is 1.88 bits per heavy atom. The van der Waals surface area contributed by atoms with E-state index in [-0.39, 0.29) is 44.3 Å². The summed E-state index contributed by atoms with van der Waals surface area (Å²) in [6.07, 6.45) is 0. The summed E-state index contributed by atoms with van der Waals surface area (Å²) in [6.45, 7) is 0. The predicted molar refractivity (Wildman–Crippen MR) is 51.8 cm³/mol. The molecule has 0 saturated carbocycles. The van der Waals surface area contributed by atoms with Gasteiger partial charge in [-0.3, -0.25) is 0 Å². The van der Waals surface area contributed by atoms with Crippen LogP contribution in [-0.4, -0.2) is 0 Å². The zero-order valence-electron chi connectivity index (χ0n) is 8.84. The van der Waals surface area contributed by atoms with Gasteiger partial charge in [0.25, 0.3) is 0 Å². The molecular weight excluding hydrogens is 318 g/mol. The maximum Gasteiger partial charge on any atom is 2.00 e. The van der Waals surface area contributed by atoms with Crippen molar-refractivity contribution in [2.75, 3.05) is 0 Å². The number of halogens is 4. The van der Waals surface area contributed by atoms with E-state index in [0.29, 0.717) is 11.1 Å². The van der Waals surface area contributed by atoms with Crippen molar-refractivity contribution in [1.29, 1.82) is 0 Å². The normalized spacial score (nSPS) is 8.35. The molecule has 2 aromatic rings. The second-order valence-electron chi connectivity index (χ2n) is 2.97. The van der Waals surface area contributed by atoms with Crippen LogP contribution in [0.1, 0.15) is 0 Å². The van der Waals surface area contributed by atoms with Crippen LogP contribution in [0.25, 0.3) is 11.1 Å². The molecule has 0 aromatic heterocycles. The fraction of sp³-hybridized carbons (Fsp3) is 0. The summed E-state index contributed by atoms with van der Waals surface area (Å²) in [5.41, 5.74) is 0.982. The second kappa shape index (κ2) is 8.57. The van der Waals surface area contributed by atoms with Crippen LogP contribution in [0.15, 0.2) is 48.5 Å². The van der Waals surface area contributed by atoms with Gasteiger partial charge in [0.05, 0.1) is 0 Å². The van der Waals surface area contributed by atoms with E-state index < -0.39 is 11.6 Å². The first-order chi connectivity index (χ1) is 6.79. The van der Waals surface area contributed by atoms with Crippen molar-refractivity contribution in [3.05, 3.63) is 60.2 Å². The summed E-state index contributed by atoms with van der Waals surface area (Å²) < 4.78 is 26.2. The maximum atomic E-state index is 13.3. The van der Waals surface area contributed by atoms with E-state index in [9.17, 15) is 8.78 Å². The third kappa shape index (κ3) is 4.35. The topological polar surface area (TPSA) is 0 Å². The molecule has 2 aromatic carbocycles. The molecule has 0 atom stereocenters. The van der Waals surface area contributed by atoms with Gasteiger partial charge in [0, 0.05) is 5.56 Å². The standard InChI is InChI=1S/C12H8F2.2ClH.Zn/c13-11-8-4-7-10(12(11)14)9-5-2-1-3-6-9;;;/h1-8H;2*1H;/q;;;+2/p-2. The summed E-state index contributed by atoms with van der Waals surface area (Å²) in [7, 11) is 0. The Hall–Kier alpha value is -0.497. The van der Waals surface area contributed by atoms with Crippen LogP contribution >= 0.6 is 0 Å². The summed E-state index contributed by atoms with van der Waals surface area (Å²) in [5.74, 6) is -1.61. The summed E-state index contributed by atoms with van der Waals surface area (Å²) in [6, 6.07) is 13.1. The zero-order chi connectivity index (χ0) is 9.97. The number of hydrogen-bond donors (Lipinski definition) is 0. The van der Waals surface area contributed by atoms with Crippen molar-refractivity contribution < 1.29 is 53.1 Å². The van der Waals surface area contributed by atoms with Gasteiger partial charge in [0.15, 0.2) is 11.6 Å². The van der Waals surface area contributed by atoms with Crippen molar-refractivity contribution in [2.24, 2.45) is 0 Å². The molecule has 0 bridgehead atoms. The molecule has 0 N–H and O–H groups in total. The smallest absolute Gasteiger partial charge is 1.00 e. The van der Waals surface area contributed by atoms with Gasteiger partial charge in [-0.15, -0.1) is 0 Å². The van der Waals surface area contributed by atoms with Crippen molar-refractivity contribution in [2.45, 2.75) is 0 Å². The van der Waals surface area contributed by atoms with Gasteiger partial charge in [-0.2, -0.15) is 0 Å². The van der Waals surface area contributed by atoms with Crippen molar-refractivity contribution >= 4 is 0 Å². The summed E-state index contributed by atoms with van der Waals surface area (Å²) in [4.78, 5) is 0. The minimum atomic E-state index is -0.814. The predicted octanol–water partition coefficient (Wildman–Crippen LogP) is -2.36. The largest absolute Gasteiger partial charge is 2.00 e. The van der Waals surface area contributed by atoms with Crippen LogP contribution in [0.4, 0.5) is 8.78 Å². The molecule has 0 unspecified atom stereocenters. The van der Waals surface area contributed by atoms with Crippen LogP contribution in [0.3, 0.4) is 0 Å². The fourth-order valence-electron chi connectivity index (χ4n) is 1.34. The Labute approximate surface area is 124 Å². The molecule has 86 valence electrons. The van der Waals surface area contributed by atoms with Crippen molar-refractivity contribution in [3.63, 3.8) is 0 Å². The molecule has 0 heterocycles. The quantitative estimate of drug-likeness (QED) is 0.514. The summed E-state index contributed by atoms with van der Waals surface area (Å²) >= 11 is 0. The first kappa shape index (κ1) is 18.9. The van der Waals surface area contributed by atoms with Gasteiger partial charge in [0.2, 0.25) is 0 Å². The minimum absolute atomic E-state index is 0. The Bertz CT molecular complexity index is 450. The fourth-order valence-corrected chi connectivity index (χ4v) is 1.34. The molecule has 0 amide bonds. The Kier molecular flexibility index (Phi) is 9.51. The van der Waals surface area contributed by atoms with E-state index in [0.717, 1.165) is 6.07 Å². The molecule has 0 aliphatic carbocycles. The third-order valence-electron chi connectivity index (χ3n) is 2.04. The minimum Gasteiger partial charge on any atom is -1.00 e. The average molecular weight is 326 g/mol. The molecule has 5 heteroatoms. The maximum absolute atomic E-state index is 13.3. The van der Waals surface area contributed by atoms with Crippen molar-refractivity contribution in [1.82, 2.24) is 0 Å². The van der Waals surface area contributed by atoms with E-state index in [2.05, 4.69) is 0 Å². The monoisotopic (exact) mass is 324 g/mol. The molecule has 0 spiro atoms. The van der Waals surface area contributed by atoms with Gasteiger partial charge >= 0.3 is 19.5 Å². The number of rotatable bonds is 1. The molecule has 0 radical (unpaired) electrons. The first-order valence-electron chi connectivity index (χ1n) is 4.28. The molecule has 0 fully saturated rings. The van der Waals surface area contributed by atoms with Crippen LogP contribution in [0.5, 0.6) is 0 Å². The Balaban J connectivity index is 0. The average Bonchev–Trinajstić information content (AvgIpc) is 2.23. The van der Waals surface area contributed by atoms with E-state index in [4.69, 9.17) is 0 Å². The van der Waals surface area contributed by atoms with Gasteiger partial charge in [-0.1, -0.05) is 42.5 Å². The zero-order valence-corrected chi connectivity index (χ0v) is 13.3. The van der Waals surface area contributed by atoms with E-state index in [1.165, 1.54) is 6.07 Å². The summed E-state index contributed by atoms with van der Waals surface area (Å²) in [5, 5.41) is 0. The van der Waals surface area contributed by atoms with Crippen LogP contribution in [0, 0.1) is 11.6 Å². The molecule has 17 heavy (non-hydrogen) atoms. The van der Waals surface area contributed by atoms with Crippen LogP contribution in [0.2, 0.25) is 0 Å². The van der Waals surface area contributed by atoms with Crippen LogP contribution < -0.4 is 24.8 Å². The van der Waals surface area contributed by atoms with Crippen LogP contribution in [-0.2, 0) is 19.5 Å². The van der Waals surface area contributed by atoms with E-state index >= 15 is 0 Å². The molecule has 0 saturated heterocycles. The number of hydrogen-bond acceptors (Lipinski definition) is 0. The molecular formula is C12H8Cl2F2Zn. The molecule has 2 rings (SSSR count). The third-order valence-corrected chi connectivity index (χ3v) is 2.04. The Morgan fingerprint density at radius 1 is 0.706 bits per heavy atom.